The van der Waals surface area contributed by atoms with Crippen LogP contribution >= 0.6 is 0 Å². The van der Waals surface area contributed by atoms with Crippen LogP contribution in [0.2, 0.25) is 0 Å². The smallest absolute Gasteiger partial charge is 0.246 e. The Labute approximate surface area is 106 Å². The highest BCUT2D eigenvalue weighted by molar-refractivity contribution is 5.92. The molecule has 18 heavy (non-hydrogen) atoms. The van der Waals surface area contributed by atoms with Gasteiger partial charge in [-0.05, 0) is 11.6 Å². The average molecular weight is 244 g/mol. The zero-order chi connectivity index (χ0) is 12.8. The Morgan fingerprint density at radius 2 is 2.00 bits per heavy atom. The summed E-state index contributed by atoms with van der Waals surface area (Å²) < 4.78 is 0. The van der Waals surface area contributed by atoms with Crippen molar-refractivity contribution in [2.24, 2.45) is 0 Å². The topological polar surface area (TPSA) is 49.4 Å². The fourth-order valence-corrected chi connectivity index (χ4v) is 1.82. The summed E-state index contributed by atoms with van der Waals surface area (Å²) in [6, 6.07) is 9.68. The number of nitrogens with zero attached hydrogens (tertiary/aromatic N) is 1. The van der Waals surface area contributed by atoms with E-state index in [4.69, 9.17) is 0 Å². The van der Waals surface area contributed by atoms with Crippen LogP contribution in [0, 0.1) is 0 Å². The molecule has 4 nitrogen and oxygen atoms in total. The maximum absolute atomic E-state index is 11.9. The molecule has 0 radical (unpaired) electrons. The maximum Gasteiger partial charge on any atom is 0.246 e. The van der Waals surface area contributed by atoms with Crippen molar-refractivity contribution in [2.45, 2.75) is 6.42 Å². The molecule has 0 atom stereocenters. The molecule has 1 aromatic rings. The van der Waals surface area contributed by atoms with Gasteiger partial charge < -0.3 is 10.2 Å². The lowest BCUT2D eigenvalue weighted by atomic mass is 10.2. The van der Waals surface area contributed by atoms with E-state index < -0.39 is 0 Å². The highest BCUT2D eigenvalue weighted by Crippen LogP contribution is 2.03. The van der Waals surface area contributed by atoms with E-state index in [0.29, 0.717) is 26.1 Å². The predicted molar refractivity (Wildman–Crippen MR) is 69.7 cm³/mol. The van der Waals surface area contributed by atoms with E-state index in [0.717, 1.165) is 5.56 Å². The summed E-state index contributed by atoms with van der Waals surface area (Å²) in [5.74, 6) is -0.0345. The molecule has 0 aliphatic carbocycles. The minimum Gasteiger partial charge on any atom is -0.354 e. The molecule has 1 heterocycles. The van der Waals surface area contributed by atoms with Crippen LogP contribution < -0.4 is 5.32 Å². The molecule has 1 saturated heterocycles. The fraction of sp³-hybridized carbons (Fsp3) is 0.286. The molecule has 2 amide bonds. The second-order valence-electron chi connectivity index (χ2n) is 4.17. The van der Waals surface area contributed by atoms with Gasteiger partial charge >= 0.3 is 0 Å². The van der Waals surface area contributed by atoms with Crippen molar-refractivity contribution in [3.8, 4) is 0 Å². The van der Waals surface area contributed by atoms with Gasteiger partial charge in [0.05, 0.1) is 0 Å². The molecule has 0 saturated carbocycles. The van der Waals surface area contributed by atoms with Crippen molar-refractivity contribution >= 4 is 17.9 Å². The Morgan fingerprint density at radius 1 is 1.22 bits per heavy atom. The molecule has 4 heteroatoms. The van der Waals surface area contributed by atoms with Crippen molar-refractivity contribution in [2.75, 3.05) is 19.6 Å². The molecule has 1 N–H and O–H groups in total. The number of benzene rings is 1. The van der Waals surface area contributed by atoms with Gasteiger partial charge in [-0.1, -0.05) is 30.3 Å². The first kappa shape index (κ1) is 12.4. The third-order valence-electron chi connectivity index (χ3n) is 2.84. The lowest BCUT2D eigenvalue weighted by Crippen LogP contribution is -2.32. The average Bonchev–Trinajstić information content (AvgIpc) is 2.62. The Balaban J connectivity index is 1.95. The molecule has 1 fully saturated rings. The molecular weight excluding hydrogens is 228 g/mol. The molecule has 0 spiro atoms. The number of amides is 2. The van der Waals surface area contributed by atoms with Gasteiger partial charge in [0.1, 0.15) is 0 Å². The van der Waals surface area contributed by atoms with Crippen molar-refractivity contribution in [1.29, 1.82) is 0 Å². The van der Waals surface area contributed by atoms with Crippen molar-refractivity contribution < 1.29 is 9.59 Å². The van der Waals surface area contributed by atoms with Gasteiger partial charge in [0.25, 0.3) is 0 Å². The third-order valence-corrected chi connectivity index (χ3v) is 2.84. The number of carbonyl (C=O) groups excluding carboxylic acids is 2. The Bertz CT molecular complexity index is 454. The summed E-state index contributed by atoms with van der Waals surface area (Å²) in [5.41, 5.74) is 0.995. The second kappa shape index (κ2) is 6.00. The number of hydrogen-bond acceptors (Lipinski definition) is 2. The number of carbonyl (C=O) groups is 2. The largest absolute Gasteiger partial charge is 0.354 e. The lowest BCUT2D eigenvalue weighted by molar-refractivity contribution is -0.125. The van der Waals surface area contributed by atoms with Crippen LogP contribution in [0.15, 0.2) is 36.4 Å². The predicted octanol–water partition coefficient (Wildman–Crippen LogP) is 1.05. The first-order chi connectivity index (χ1) is 8.75. The molecule has 0 bridgehead atoms. The van der Waals surface area contributed by atoms with Crippen molar-refractivity contribution in [1.82, 2.24) is 10.2 Å². The van der Waals surface area contributed by atoms with E-state index in [1.54, 1.807) is 17.1 Å². The summed E-state index contributed by atoms with van der Waals surface area (Å²) in [6.45, 7) is 1.59. The molecule has 1 aliphatic rings. The van der Waals surface area contributed by atoms with E-state index in [2.05, 4.69) is 5.32 Å². The SMILES string of the molecule is O=C1CCN(C(=O)/C=C/c2ccccc2)CCN1. The maximum atomic E-state index is 11.9. The first-order valence-corrected chi connectivity index (χ1v) is 6.04. The Hall–Kier alpha value is -2.10. The summed E-state index contributed by atoms with van der Waals surface area (Å²) in [5, 5.41) is 2.75. The zero-order valence-electron chi connectivity index (χ0n) is 10.1. The second-order valence-corrected chi connectivity index (χ2v) is 4.17. The van der Waals surface area contributed by atoms with Crippen LogP contribution in [0.3, 0.4) is 0 Å². The quantitative estimate of drug-likeness (QED) is 0.790. The van der Waals surface area contributed by atoms with Crippen LogP contribution in [0.4, 0.5) is 0 Å². The van der Waals surface area contributed by atoms with Gasteiger partial charge in [0.15, 0.2) is 0 Å². The van der Waals surface area contributed by atoms with Crippen LogP contribution in [0.5, 0.6) is 0 Å². The third kappa shape index (κ3) is 3.45. The number of hydrogen-bond donors (Lipinski definition) is 1. The highest BCUT2D eigenvalue weighted by Gasteiger charge is 2.15. The Morgan fingerprint density at radius 3 is 2.78 bits per heavy atom. The van der Waals surface area contributed by atoms with E-state index in [9.17, 15) is 9.59 Å². The van der Waals surface area contributed by atoms with Gasteiger partial charge in [0.2, 0.25) is 11.8 Å². The summed E-state index contributed by atoms with van der Waals surface area (Å²) in [4.78, 5) is 24.8. The molecule has 1 aliphatic heterocycles. The van der Waals surface area contributed by atoms with E-state index in [-0.39, 0.29) is 11.8 Å². The van der Waals surface area contributed by atoms with Crippen LogP contribution in [-0.4, -0.2) is 36.3 Å². The van der Waals surface area contributed by atoms with Crippen LogP contribution in [0.1, 0.15) is 12.0 Å². The summed E-state index contributed by atoms with van der Waals surface area (Å²) >= 11 is 0. The Kier molecular flexibility index (Phi) is 4.12. The molecule has 0 unspecified atom stereocenters. The highest BCUT2D eigenvalue weighted by atomic mass is 16.2. The minimum atomic E-state index is -0.0460. The normalized spacial score (nSPS) is 16.4. The zero-order valence-corrected chi connectivity index (χ0v) is 10.1. The number of rotatable bonds is 2. The molecule has 94 valence electrons. The van der Waals surface area contributed by atoms with Gasteiger partial charge in [-0.25, -0.2) is 0 Å². The molecular formula is C14H16N2O2. The standard InChI is InChI=1S/C14H16N2O2/c17-13-8-10-16(11-9-15-13)14(18)7-6-12-4-2-1-3-5-12/h1-7H,8-11H2,(H,15,17)/b7-6+. The molecule has 1 aromatic carbocycles. The fourth-order valence-electron chi connectivity index (χ4n) is 1.82. The van der Waals surface area contributed by atoms with Gasteiger partial charge in [0, 0.05) is 32.1 Å². The summed E-state index contributed by atoms with van der Waals surface area (Å²) in [7, 11) is 0. The van der Waals surface area contributed by atoms with Gasteiger partial charge in [-0.3, -0.25) is 9.59 Å². The van der Waals surface area contributed by atoms with E-state index >= 15 is 0 Å². The van der Waals surface area contributed by atoms with Crippen molar-refractivity contribution in [3.63, 3.8) is 0 Å². The minimum absolute atomic E-state index is 0.0114. The van der Waals surface area contributed by atoms with E-state index in [1.807, 2.05) is 30.3 Å². The van der Waals surface area contributed by atoms with Crippen molar-refractivity contribution in [3.05, 3.63) is 42.0 Å². The van der Waals surface area contributed by atoms with Crippen LogP contribution in [-0.2, 0) is 9.59 Å². The van der Waals surface area contributed by atoms with E-state index in [1.165, 1.54) is 0 Å². The first-order valence-electron chi connectivity index (χ1n) is 6.04. The van der Waals surface area contributed by atoms with Gasteiger partial charge in [-0.15, -0.1) is 0 Å². The molecule has 2 rings (SSSR count). The molecule has 0 aromatic heterocycles. The van der Waals surface area contributed by atoms with Gasteiger partial charge in [-0.2, -0.15) is 0 Å². The van der Waals surface area contributed by atoms with Crippen LogP contribution in [0.25, 0.3) is 6.08 Å². The monoisotopic (exact) mass is 244 g/mol. The number of nitrogens with one attached hydrogen (secondary N) is 1. The summed E-state index contributed by atoms with van der Waals surface area (Å²) in [6.07, 6.45) is 3.73. The lowest BCUT2D eigenvalue weighted by Gasteiger charge is -2.17.